The second-order valence-electron chi connectivity index (χ2n) is 5.97. The zero-order valence-corrected chi connectivity index (χ0v) is 14.3. The molecule has 2 aromatic rings. The van der Waals surface area contributed by atoms with Crippen LogP contribution in [0.2, 0.25) is 0 Å². The second-order valence-corrected chi connectivity index (χ2v) is 7.68. The average molecular weight is 356 g/mol. The number of hydrogen-bond acceptors (Lipinski definition) is 5. The zero-order valence-electron chi connectivity index (χ0n) is 13.5. The molecule has 0 radical (unpaired) electrons. The number of sulfonamides is 1. The molecular formula is C15H22N3O5S+. The van der Waals surface area contributed by atoms with E-state index in [0.717, 1.165) is 19.6 Å². The maximum absolute atomic E-state index is 12.6. The van der Waals surface area contributed by atoms with Crippen LogP contribution < -0.4 is 15.4 Å². The molecule has 1 fully saturated rings. The van der Waals surface area contributed by atoms with Crippen molar-refractivity contribution in [2.24, 2.45) is 0 Å². The summed E-state index contributed by atoms with van der Waals surface area (Å²) in [5, 5.41) is 0. The molecule has 8 nitrogen and oxygen atoms in total. The second kappa shape index (κ2) is 7.06. The van der Waals surface area contributed by atoms with Gasteiger partial charge in [-0.15, -0.1) is 0 Å². The van der Waals surface area contributed by atoms with Crippen molar-refractivity contribution in [2.45, 2.75) is 24.3 Å². The quantitative estimate of drug-likeness (QED) is 0.622. The number of hydrogen-bond donors (Lipinski definition) is 3. The highest BCUT2D eigenvalue weighted by molar-refractivity contribution is 7.89. The van der Waals surface area contributed by atoms with Crippen molar-refractivity contribution in [3.05, 3.63) is 28.7 Å². The Hall–Kier alpha value is -1.68. The predicted molar refractivity (Wildman–Crippen MR) is 87.6 cm³/mol. The average Bonchev–Trinajstić information content (AvgIpc) is 2.94. The fraction of sp³-hybridized carbons (Fsp3) is 0.533. The van der Waals surface area contributed by atoms with Crippen molar-refractivity contribution >= 4 is 21.1 Å². The predicted octanol–water partition coefficient (Wildman–Crippen LogP) is -0.907. The summed E-state index contributed by atoms with van der Waals surface area (Å²) < 4.78 is 38.3. The van der Waals surface area contributed by atoms with Crippen LogP contribution in [0.15, 0.2) is 32.3 Å². The Labute approximate surface area is 139 Å². The van der Waals surface area contributed by atoms with Gasteiger partial charge in [-0.1, -0.05) is 6.92 Å². The number of rotatable bonds is 6. The van der Waals surface area contributed by atoms with E-state index in [1.807, 2.05) is 6.92 Å². The molecule has 9 heteroatoms. The van der Waals surface area contributed by atoms with Gasteiger partial charge in [0.05, 0.1) is 36.2 Å². The van der Waals surface area contributed by atoms with Crippen LogP contribution in [0.1, 0.15) is 13.3 Å². The molecule has 0 spiro atoms. The van der Waals surface area contributed by atoms with E-state index >= 15 is 0 Å². The third kappa shape index (κ3) is 3.86. The van der Waals surface area contributed by atoms with E-state index in [2.05, 4.69) is 9.71 Å². The third-order valence-electron chi connectivity index (χ3n) is 4.25. The lowest BCUT2D eigenvalue weighted by Crippen LogP contribution is -3.15. The van der Waals surface area contributed by atoms with Gasteiger partial charge in [0.25, 0.3) is 0 Å². The van der Waals surface area contributed by atoms with Crippen LogP contribution in [0.5, 0.6) is 0 Å². The summed E-state index contributed by atoms with van der Waals surface area (Å²) in [6.45, 7) is 5.88. The van der Waals surface area contributed by atoms with Crippen molar-refractivity contribution in [2.75, 3.05) is 32.8 Å². The van der Waals surface area contributed by atoms with Crippen molar-refractivity contribution in [3.63, 3.8) is 0 Å². The number of ether oxygens (including phenoxy) is 1. The number of morpholine rings is 1. The maximum atomic E-state index is 12.6. The van der Waals surface area contributed by atoms with Gasteiger partial charge >= 0.3 is 5.76 Å². The van der Waals surface area contributed by atoms with Gasteiger partial charge in [0, 0.05) is 6.07 Å². The van der Waals surface area contributed by atoms with Crippen LogP contribution in [0.4, 0.5) is 0 Å². The number of oxazole rings is 1. The van der Waals surface area contributed by atoms with Crippen LogP contribution in [0.25, 0.3) is 11.1 Å². The van der Waals surface area contributed by atoms with Gasteiger partial charge in [0.15, 0.2) is 5.58 Å². The molecule has 1 aliphatic heterocycles. The summed E-state index contributed by atoms with van der Waals surface area (Å²) in [5.74, 6) is -0.602. The highest BCUT2D eigenvalue weighted by Crippen LogP contribution is 2.17. The molecule has 3 rings (SSSR count). The largest absolute Gasteiger partial charge is 0.417 e. The van der Waals surface area contributed by atoms with E-state index in [1.54, 1.807) is 0 Å². The lowest BCUT2D eigenvalue weighted by Gasteiger charge is -2.27. The SMILES string of the molecule is CC[C@@H](C[NH+]1CCOCC1)NS(=O)(=O)c1ccc2[nH]c(=O)oc2c1. The van der Waals surface area contributed by atoms with Gasteiger partial charge in [0.1, 0.15) is 13.1 Å². The van der Waals surface area contributed by atoms with Crippen molar-refractivity contribution < 1.29 is 22.5 Å². The molecule has 0 unspecified atom stereocenters. The topological polar surface area (TPSA) is 106 Å². The molecule has 3 N–H and O–H groups in total. The molecule has 0 bridgehead atoms. The molecule has 1 aromatic heterocycles. The highest BCUT2D eigenvalue weighted by atomic mass is 32.2. The molecule has 0 saturated carbocycles. The summed E-state index contributed by atoms with van der Waals surface area (Å²) in [4.78, 5) is 15.1. The first-order valence-electron chi connectivity index (χ1n) is 8.04. The van der Waals surface area contributed by atoms with Crippen LogP contribution in [0.3, 0.4) is 0 Å². The smallest absolute Gasteiger partial charge is 0.408 e. The number of benzene rings is 1. The molecule has 1 aliphatic rings. The Balaban J connectivity index is 1.75. The van der Waals surface area contributed by atoms with E-state index in [1.165, 1.54) is 23.1 Å². The number of aromatic nitrogens is 1. The summed E-state index contributed by atoms with van der Waals surface area (Å²) in [6, 6.07) is 4.20. The monoisotopic (exact) mass is 356 g/mol. The highest BCUT2D eigenvalue weighted by Gasteiger charge is 2.24. The Morgan fingerprint density at radius 2 is 2.08 bits per heavy atom. The van der Waals surface area contributed by atoms with Gasteiger partial charge in [-0.05, 0) is 18.6 Å². The van der Waals surface area contributed by atoms with Crippen LogP contribution in [-0.2, 0) is 14.8 Å². The molecule has 132 valence electrons. The van der Waals surface area contributed by atoms with Gasteiger partial charge < -0.3 is 14.1 Å². The van der Waals surface area contributed by atoms with Gasteiger partial charge in [-0.25, -0.2) is 17.9 Å². The van der Waals surface area contributed by atoms with E-state index in [0.29, 0.717) is 25.2 Å². The Bertz CT molecular complexity index is 851. The fourth-order valence-corrected chi connectivity index (χ4v) is 4.20. The maximum Gasteiger partial charge on any atom is 0.417 e. The Morgan fingerprint density at radius 3 is 2.79 bits per heavy atom. The summed E-state index contributed by atoms with van der Waals surface area (Å²) >= 11 is 0. The zero-order chi connectivity index (χ0) is 17.2. The summed E-state index contributed by atoms with van der Waals surface area (Å²) in [5.41, 5.74) is 0.707. The standard InChI is InChI=1S/C15H21N3O5S/c1-2-11(10-18-5-7-22-8-6-18)17-24(20,21)12-3-4-13-14(9-12)23-15(19)16-13/h3-4,9,11,17H,2,5-8,10H2,1H3,(H,16,19)/p+1/t11-/m0/s1. The lowest BCUT2D eigenvalue weighted by atomic mass is 10.2. The molecule has 1 saturated heterocycles. The molecule has 0 aliphatic carbocycles. The van der Waals surface area contributed by atoms with Crippen molar-refractivity contribution in [3.8, 4) is 0 Å². The van der Waals surface area contributed by atoms with E-state index in [4.69, 9.17) is 9.15 Å². The minimum absolute atomic E-state index is 0.0909. The fourth-order valence-electron chi connectivity index (χ4n) is 2.86. The van der Waals surface area contributed by atoms with E-state index in [-0.39, 0.29) is 16.5 Å². The molecule has 0 amide bonds. The molecule has 1 aromatic carbocycles. The molecule has 2 heterocycles. The minimum atomic E-state index is -3.68. The molecule has 24 heavy (non-hydrogen) atoms. The molecule has 1 atom stereocenters. The van der Waals surface area contributed by atoms with E-state index in [9.17, 15) is 13.2 Å². The number of H-pyrrole nitrogens is 1. The van der Waals surface area contributed by atoms with Gasteiger partial charge in [-0.3, -0.25) is 4.98 Å². The van der Waals surface area contributed by atoms with Crippen molar-refractivity contribution in [1.82, 2.24) is 9.71 Å². The van der Waals surface area contributed by atoms with Crippen LogP contribution in [0, 0.1) is 0 Å². The Kier molecular flexibility index (Phi) is 5.04. The molecular weight excluding hydrogens is 334 g/mol. The van der Waals surface area contributed by atoms with Gasteiger partial charge in [-0.2, -0.15) is 0 Å². The summed E-state index contributed by atoms with van der Waals surface area (Å²) in [7, 11) is -3.68. The van der Waals surface area contributed by atoms with E-state index < -0.39 is 15.8 Å². The minimum Gasteiger partial charge on any atom is -0.408 e. The van der Waals surface area contributed by atoms with Gasteiger partial charge in [0.2, 0.25) is 10.0 Å². The third-order valence-corrected chi connectivity index (χ3v) is 5.77. The lowest BCUT2D eigenvalue weighted by molar-refractivity contribution is -0.909. The first kappa shape index (κ1) is 17.2. The number of nitrogens with one attached hydrogen (secondary N) is 3. The first-order valence-corrected chi connectivity index (χ1v) is 9.53. The number of fused-ring (bicyclic) bond motifs is 1. The Morgan fingerprint density at radius 1 is 1.33 bits per heavy atom. The summed E-state index contributed by atoms with van der Waals surface area (Å²) in [6.07, 6.45) is 0.699. The first-order chi connectivity index (χ1) is 11.5. The number of quaternary nitrogens is 1. The number of aromatic amines is 1. The van der Waals surface area contributed by atoms with Crippen LogP contribution >= 0.6 is 0 Å². The van der Waals surface area contributed by atoms with Crippen LogP contribution in [-0.4, -0.2) is 52.3 Å². The normalized spacial score (nSPS) is 18.0. The van der Waals surface area contributed by atoms with Crippen molar-refractivity contribution in [1.29, 1.82) is 0 Å².